The van der Waals surface area contributed by atoms with E-state index in [0.717, 1.165) is 5.69 Å². The van der Waals surface area contributed by atoms with E-state index >= 15 is 0 Å². The third-order valence-corrected chi connectivity index (χ3v) is 2.78. The summed E-state index contributed by atoms with van der Waals surface area (Å²) in [4.78, 5) is 0. The first-order valence-corrected chi connectivity index (χ1v) is 6.59. The molecule has 1 unspecified atom stereocenters. The van der Waals surface area contributed by atoms with Gasteiger partial charge in [0.1, 0.15) is 29.8 Å². The smallest absolute Gasteiger partial charge is 0.245 e. The van der Waals surface area contributed by atoms with Gasteiger partial charge in [0.15, 0.2) is 0 Å². The minimum absolute atomic E-state index is 0.00236. The first-order chi connectivity index (χ1) is 9.06. The van der Waals surface area contributed by atoms with Crippen molar-refractivity contribution >= 4 is 6.21 Å². The predicted molar refractivity (Wildman–Crippen MR) is 70.2 cm³/mol. The van der Waals surface area contributed by atoms with E-state index in [-0.39, 0.29) is 6.04 Å². The summed E-state index contributed by atoms with van der Waals surface area (Å²) in [7, 11) is 0. The first-order valence-electron chi connectivity index (χ1n) is 6.59. The maximum absolute atomic E-state index is 5.60. The zero-order valence-corrected chi connectivity index (χ0v) is 11.9. The predicted octanol–water partition coefficient (Wildman–Crippen LogP) is 1.62. The summed E-state index contributed by atoms with van der Waals surface area (Å²) in [6.07, 6.45) is 3.89. The molecule has 7 heteroatoms. The molecule has 1 aromatic heterocycles. The topological polar surface area (TPSA) is 67.7 Å². The average molecular weight is 265 g/mol. The Labute approximate surface area is 113 Å². The highest BCUT2D eigenvalue weighted by molar-refractivity contribution is 5.60. The van der Waals surface area contributed by atoms with E-state index in [1.165, 1.54) is 0 Å². The van der Waals surface area contributed by atoms with Gasteiger partial charge in [-0.1, -0.05) is 5.21 Å². The molecule has 0 amide bonds. The number of hydrogen-bond acceptors (Lipinski definition) is 5. The molecule has 7 nitrogen and oxygen atoms in total. The highest BCUT2D eigenvalue weighted by atomic mass is 16.5. The van der Waals surface area contributed by atoms with Crippen molar-refractivity contribution in [3.8, 4) is 0 Å². The summed E-state index contributed by atoms with van der Waals surface area (Å²) >= 11 is 0. The van der Waals surface area contributed by atoms with Crippen LogP contribution in [0.5, 0.6) is 0 Å². The Morgan fingerprint density at radius 1 is 1.37 bits per heavy atom. The quantitative estimate of drug-likeness (QED) is 0.734. The van der Waals surface area contributed by atoms with Gasteiger partial charge in [-0.05, 0) is 27.7 Å². The van der Waals surface area contributed by atoms with E-state index in [0.29, 0.717) is 25.3 Å². The van der Waals surface area contributed by atoms with Gasteiger partial charge in [-0.3, -0.25) is 0 Å². The normalized spacial score (nSPS) is 18.6. The number of hydrogen-bond donors (Lipinski definition) is 0. The summed E-state index contributed by atoms with van der Waals surface area (Å²) in [5.41, 5.74) is 0.837. The van der Waals surface area contributed by atoms with Crippen molar-refractivity contribution in [3.63, 3.8) is 0 Å². The minimum atomic E-state index is 0.00236. The average Bonchev–Trinajstić information content (AvgIpc) is 2.97. The van der Waals surface area contributed by atoms with Gasteiger partial charge in [0.25, 0.3) is 0 Å². The molecule has 0 bridgehead atoms. The molecule has 0 saturated heterocycles. The van der Waals surface area contributed by atoms with Crippen molar-refractivity contribution in [2.75, 3.05) is 6.61 Å². The molecule has 0 radical (unpaired) electrons. The second-order valence-corrected chi connectivity index (χ2v) is 5.19. The van der Waals surface area contributed by atoms with Crippen LogP contribution in [0.15, 0.2) is 16.5 Å². The fourth-order valence-electron chi connectivity index (χ4n) is 1.63. The van der Waals surface area contributed by atoms with E-state index < -0.39 is 0 Å². The third-order valence-electron chi connectivity index (χ3n) is 2.78. The summed E-state index contributed by atoms with van der Waals surface area (Å²) in [6, 6.07) is 0.653. The van der Waals surface area contributed by atoms with Crippen molar-refractivity contribution in [2.45, 2.75) is 52.4 Å². The van der Waals surface area contributed by atoms with Crippen LogP contribution < -0.4 is 0 Å². The van der Waals surface area contributed by atoms with Gasteiger partial charge in [-0.15, -0.1) is 9.78 Å². The monoisotopic (exact) mass is 265 g/mol. The van der Waals surface area contributed by atoms with Crippen LogP contribution in [0.1, 0.15) is 39.4 Å². The molecule has 0 N–H and O–H groups in total. The number of nitrogens with zero attached hydrogens (tertiary/aromatic N) is 6. The Balaban J connectivity index is 1.77. The standard InChI is InChI=1S/C12H21N6O/c1-9(2)17-5-11(13-15-17)7-19-8-12-6-18(10(3)4)16-14-12/h5-6,9-11H,7-8H2,1-4H3/q+1. The largest absolute Gasteiger partial charge is 0.370 e. The first kappa shape index (κ1) is 13.8. The van der Waals surface area contributed by atoms with Gasteiger partial charge in [0, 0.05) is 11.2 Å². The van der Waals surface area contributed by atoms with Crippen molar-refractivity contribution in [1.29, 1.82) is 0 Å². The molecule has 0 saturated carbocycles. The van der Waals surface area contributed by atoms with Gasteiger partial charge in [0.2, 0.25) is 6.04 Å². The molecule has 0 aromatic carbocycles. The van der Waals surface area contributed by atoms with Crippen LogP contribution in [-0.2, 0) is 11.3 Å². The van der Waals surface area contributed by atoms with Gasteiger partial charge in [0.05, 0.1) is 12.8 Å². The highest BCUT2D eigenvalue weighted by Gasteiger charge is 2.23. The maximum Gasteiger partial charge on any atom is 0.245 e. The van der Waals surface area contributed by atoms with Crippen molar-refractivity contribution in [1.82, 2.24) is 15.0 Å². The molecule has 2 heterocycles. The molecule has 0 aliphatic carbocycles. The van der Waals surface area contributed by atoms with Crippen LogP contribution in [0.4, 0.5) is 0 Å². The number of rotatable bonds is 6. The van der Waals surface area contributed by atoms with Crippen LogP contribution in [0.25, 0.3) is 0 Å². The van der Waals surface area contributed by atoms with Crippen LogP contribution in [-0.4, -0.2) is 44.6 Å². The lowest BCUT2D eigenvalue weighted by atomic mass is 10.3. The molecule has 1 aromatic rings. The molecule has 1 aliphatic rings. The summed E-state index contributed by atoms with van der Waals surface area (Å²) in [5, 5.41) is 16.3. The Bertz CT molecular complexity index is 476. The van der Waals surface area contributed by atoms with Crippen LogP contribution in [0.3, 0.4) is 0 Å². The van der Waals surface area contributed by atoms with Gasteiger partial charge >= 0.3 is 0 Å². The molecule has 1 aliphatic heterocycles. The van der Waals surface area contributed by atoms with Gasteiger partial charge in [-0.2, -0.15) is 0 Å². The molecule has 104 valence electrons. The second kappa shape index (κ2) is 6.01. The second-order valence-electron chi connectivity index (χ2n) is 5.19. The van der Waals surface area contributed by atoms with Crippen LogP contribution in [0, 0.1) is 0 Å². The molecule has 2 rings (SSSR count). The maximum atomic E-state index is 5.60. The highest BCUT2D eigenvalue weighted by Crippen LogP contribution is 2.06. The van der Waals surface area contributed by atoms with Crippen molar-refractivity contribution < 1.29 is 9.42 Å². The summed E-state index contributed by atoms with van der Waals surface area (Å²) < 4.78 is 9.27. The van der Waals surface area contributed by atoms with E-state index in [1.54, 1.807) is 0 Å². The third kappa shape index (κ3) is 3.66. The molecule has 19 heavy (non-hydrogen) atoms. The molecule has 1 atom stereocenters. The molecular weight excluding hydrogens is 244 g/mol. The Morgan fingerprint density at radius 2 is 2.16 bits per heavy atom. The number of ether oxygens (including phenoxy) is 1. The van der Waals surface area contributed by atoms with E-state index in [1.807, 2.05) is 21.8 Å². The zero-order valence-electron chi connectivity index (χ0n) is 11.9. The lowest BCUT2D eigenvalue weighted by molar-refractivity contribution is -0.562. The molecular formula is C12H21N6O+. The zero-order chi connectivity index (χ0) is 13.8. The van der Waals surface area contributed by atoms with Gasteiger partial charge in [-0.25, -0.2) is 4.68 Å². The number of aromatic nitrogens is 3. The van der Waals surface area contributed by atoms with Crippen LogP contribution >= 0.6 is 0 Å². The Morgan fingerprint density at radius 3 is 2.74 bits per heavy atom. The van der Waals surface area contributed by atoms with Crippen LogP contribution in [0.2, 0.25) is 0 Å². The summed E-state index contributed by atoms with van der Waals surface area (Å²) in [5.74, 6) is 0. The summed E-state index contributed by atoms with van der Waals surface area (Å²) in [6.45, 7) is 9.24. The van der Waals surface area contributed by atoms with Gasteiger partial charge < -0.3 is 4.74 Å². The van der Waals surface area contributed by atoms with Crippen molar-refractivity contribution in [3.05, 3.63) is 11.9 Å². The Hall–Kier alpha value is -1.63. The minimum Gasteiger partial charge on any atom is -0.370 e. The molecule has 0 fully saturated rings. The van der Waals surface area contributed by atoms with E-state index in [2.05, 4.69) is 48.3 Å². The van der Waals surface area contributed by atoms with E-state index in [9.17, 15) is 0 Å². The lowest BCUT2D eigenvalue weighted by Crippen LogP contribution is -2.19. The fraction of sp³-hybridized carbons (Fsp3) is 0.750. The molecule has 0 spiro atoms. The van der Waals surface area contributed by atoms with Crippen molar-refractivity contribution in [2.24, 2.45) is 10.3 Å². The van der Waals surface area contributed by atoms with E-state index in [4.69, 9.17) is 4.74 Å². The Kier molecular flexibility index (Phi) is 4.36. The SMILES string of the molecule is CC(C)n1cc(COCC2C=[N+](C(C)C)N=N2)nn1. The fourth-order valence-corrected chi connectivity index (χ4v) is 1.63. The lowest BCUT2D eigenvalue weighted by Gasteiger charge is -2.01.